The van der Waals surface area contributed by atoms with E-state index in [2.05, 4.69) is 15.9 Å². The molecule has 6 nitrogen and oxygen atoms in total. The lowest BCUT2D eigenvalue weighted by atomic mass is 9.88. The van der Waals surface area contributed by atoms with E-state index in [4.69, 9.17) is 19.3 Å². The molecule has 1 aliphatic heterocycles. The number of hydrogen-bond donors (Lipinski definition) is 1. The Bertz CT molecular complexity index is 1330. The Morgan fingerprint density at radius 1 is 1.12 bits per heavy atom. The molecule has 0 aromatic heterocycles. The minimum Gasteiger partial charge on any atom is -0.490 e. The summed E-state index contributed by atoms with van der Waals surface area (Å²) < 4.78 is 66.2. The molecular weight excluding hydrogens is 532 g/mol. The highest BCUT2D eigenvalue weighted by molar-refractivity contribution is 9.11. The first-order valence-electron chi connectivity index (χ1n) is 10.1. The Morgan fingerprint density at radius 2 is 1.91 bits per heavy atom. The van der Waals surface area contributed by atoms with Gasteiger partial charge < -0.3 is 14.2 Å². The number of primary sulfonamides is 1. The number of alkyl halides is 2. The lowest BCUT2D eigenvalue weighted by Crippen LogP contribution is -2.18. The number of nitrogens with two attached hydrogens (primary N) is 1. The molecule has 1 aliphatic rings. The molecule has 0 saturated heterocycles. The van der Waals surface area contributed by atoms with Gasteiger partial charge in [0, 0.05) is 11.1 Å². The van der Waals surface area contributed by atoms with Gasteiger partial charge in [0.15, 0.2) is 0 Å². The van der Waals surface area contributed by atoms with Crippen LogP contribution in [0.15, 0.2) is 71.7 Å². The first kappa shape index (κ1) is 24.2. The Kier molecular flexibility index (Phi) is 7.20. The molecule has 3 aromatic rings. The van der Waals surface area contributed by atoms with Gasteiger partial charge in [-0.1, -0.05) is 52.3 Å². The summed E-state index contributed by atoms with van der Waals surface area (Å²) in [5.41, 5.74) is 2.73. The number of ether oxygens (including phenoxy) is 3. The molecule has 1 atom stereocenters. The van der Waals surface area contributed by atoms with E-state index in [1.807, 2.05) is 18.2 Å². The molecule has 0 radical (unpaired) electrons. The average Bonchev–Trinajstić information content (AvgIpc) is 2.77. The molecule has 0 aliphatic carbocycles. The van der Waals surface area contributed by atoms with E-state index in [0.29, 0.717) is 40.4 Å². The monoisotopic (exact) mass is 551 g/mol. The van der Waals surface area contributed by atoms with Crippen LogP contribution < -0.4 is 19.3 Å². The number of benzene rings is 3. The van der Waals surface area contributed by atoms with E-state index in [9.17, 15) is 17.2 Å². The second-order valence-electron chi connectivity index (χ2n) is 7.48. The zero-order chi connectivity index (χ0) is 24.3. The molecule has 1 unspecified atom stereocenters. The van der Waals surface area contributed by atoms with Crippen molar-refractivity contribution in [3.63, 3.8) is 0 Å². The molecule has 0 fully saturated rings. The highest BCUT2D eigenvalue weighted by Crippen LogP contribution is 2.49. The summed E-state index contributed by atoms with van der Waals surface area (Å²) >= 11 is 3.19. The van der Waals surface area contributed by atoms with E-state index >= 15 is 0 Å². The molecule has 3 aromatic carbocycles. The maximum atomic E-state index is 13.1. The average molecular weight is 552 g/mol. The van der Waals surface area contributed by atoms with Gasteiger partial charge in [-0.25, -0.2) is 13.6 Å². The molecule has 0 spiro atoms. The molecule has 0 saturated carbocycles. The third-order valence-electron chi connectivity index (χ3n) is 5.08. The van der Waals surface area contributed by atoms with Gasteiger partial charge in [0.2, 0.25) is 10.0 Å². The fraction of sp³-hybridized carbons (Fsp3) is 0.167. The quantitative estimate of drug-likeness (QED) is 0.398. The first-order chi connectivity index (χ1) is 16.2. The van der Waals surface area contributed by atoms with Crippen molar-refractivity contribution in [2.24, 2.45) is 5.14 Å². The van der Waals surface area contributed by atoms with Crippen LogP contribution in [0, 0.1) is 0 Å². The molecule has 0 amide bonds. The minimum atomic E-state index is -3.78. The van der Waals surface area contributed by atoms with E-state index in [0.717, 1.165) is 5.56 Å². The van der Waals surface area contributed by atoms with Crippen molar-refractivity contribution < 1.29 is 31.4 Å². The van der Waals surface area contributed by atoms with Gasteiger partial charge in [-0.2, -0.15) is 8.78 Å². The smallest absolute Gasteiger partial charge is 0.387 e. The fourth-order valence-corrected chi connectivity index (χ4v) is 4.63. The third kappa shape index (κ3) is 5.57. The normalized spacial score (nSPS) is 15.0. The van der Waals surface area contributed by atoms with Crippen molar-refractivity contribution in [2.45, 2.75) is 18.5 Å². The van der Waals surface area contributed by atoms with Crippen LogP contribution in [0.4, 0.5) is 8.78 Å². The number of sulfonamides is 1. The summed E-state index contributed by atoms with van der Waals surface area (Å²) in [6, 6.07) is 16.9. The summed E-state index contributed by atoms with van der Waals surface area (Å²) in [6.07, 6.45) is 1.14. The van der Waals surface area contributed by atoms with Crippen molar-refractivity contribution in [1.29, 1.82) is 0 Å². The van der Waals surface area contributed by atoms with Crippen LogP contribution in [0.25, 0.3) is 11.1 Å². The largest absolute Gasteiger partial charge is 0.490 e. The summed E-state index contributed by atoms with van der Waals surface area (Å²) in [5.74, 6) is 0.555. The van der Waals surface area contributed by atoms with Gasteiger partial charge in [-0.15, -0.1) is 0 Å². The maximum Gasteiger partial charge on any atom is 0.387 e. The van der Waals surface area contributed by atoms with Crippen LogP contribution in [0.5, 0.6) is 17.2 Å². The van der Waals surface area contributed by atoms with Crippen LogP contribution in [-0.2, 0) is 15.8 Å². The second-order valence-corrected chi connectivity index (χ2v) is 9.62. The van der Waals surface area contributed by atoms with Crippen LogP contribution in [0.1, 0.15) is 22.8 Å². The number of rotatable bonds is 8. The van der Waals surface area contributed by atoms with Crippen molar-refractivity contribution in [3.05, 3.63) is 88.4 Å². The Hall–Kier alpha value is -2.95. The highest BCUT2D eigenvalue weighted by atomic mass is 79.9. The van der Waals surface area contributed by atoms with Crippen LogP contribution in [-0.4, -0.2) is 21.6 Å². The third-order valence-corrected chi connectivity index (χ3v) is 6.19. The topological polar surface area (TPSA) is 87.9 Å². The molecule has 0 bridgehead atoms. The van der Waals surface area contributed by atoms with E-state index in [1.54, 1.807) is 47.5 Å². The summed E-state index contributed by atoms with van der Waals surface area (Å²) in [7, 11) is -3.78. The Morgan fingerprint density at radius 3 is 2.65 bits per heavy atom. The molecule has 178 valence electrons. The summed E-state index contributed by atoms with van der Waals surface area (Å²) in [5, 5.41) is 5.23. The SMILES string of the molecule is NS(=O)(=O)Cc1ccc2c(c1)C(c1cccc(OCC=CBr)c1)Oc1cccc(OC(F)F)c1-2. The second kappa shape index (κ2) is 10.1. The molecule has 10 heteroatoms. The predicted octanol–water partition coefficient (Wildman–Crippen LogP) is 5.51. The van der Waals surface area contributed by atoms with Gasteiger partial charge in [-0.3, -0.25) is 0 Å². The summed E-state index contributed by atoms with van der Waals surface area (Å²) in [6.45, 7) is -2.66. The van der Waals surface area contributed by atoms with Crippen molar-refractivity contribution in [1.82, 2.24) is 0 Å². The molecule has 1 heterocycles. The lowest BCUT2D eigenvalue weighted by Gasteiger charge is -2.31. The maximum absolute atomic E-state index is 13.1. The van der Waals surface area contributed by atoms with E-state index in [-0.39, 0.29) is 11.5 Å². The molecule has 34 heavy (non-hydrogen) atoms. The summed E-state index contributed by atoms with van der Waals surface area (Å²) in [4.78, 5) is 1.69. The van der Waals surface area contributed by atoms with Gasteiger partial charge in [-0.05, 0) is 46.5 Å². The van der Waals surface area contributed by atoms with Crippen LogP contribution >= 0.6 is 15.9 Å². The fourth-order valence-electron chi connectivity index (χ4n) is 3.83. The Labute approximate surface area is 204 Å². The van der Waals surface area contributed by atoms with Crippen molar-refractivity contribution in [2.75, 3.05) is 6.61 Å². The molecule has 2 N–H and O–H groups in total. The molecule has 4 rings (SSSR count). The van der Waals surface area contributed by atoms with Gasteiger partial charge in [0.1, 0.15) is 30.0 Å². The number of hydrogen-bond acceptors (Lipinski definition) is 5. The van der Waals surface area contributed by atoms with E-state index < -0.39 is 22.7 Å². The van der Waals surface area contributed by atoms with Crippen molar-refractivity contribution >= 4 is 26.0 Å². The zero-order valence-corrected chi connectivity index (χ0v) is 20.1. The van der Waals surface area contributed by atoms with Crippen LogP contribution in [0.2, 0.25) is 0 Å². The predicted molar refractivity (Wildman–Crippen MR) is 128 cm³/mol. The lowest BCUT2D eigenvalue weighted by molar-refractivity contribution is -0.0496. The van der Waals surface area contributed by atoms with Gasteiger partial charge >= 0.3 is 6.61 Å². The zero-order valence-electron chi connectivity index (χ0n) is 17.7. The Balaban J connectivity index is 1.83. The van der Waals surface area contributed by atoms with Crippen LogP contribution in [0.3, 0.4) is 0 Å². The van der Waals surface area contributed by atoms with Crippen molar-refractivity contribution in [3.8, 4) is 28.4 Å². The highest BCUT2D eigenvalue weighted by Gasteiger charge is 2.31. The number of fused-ring (bicyclic) bond motifs is 3. The number of halogens is 3. The van der Waals surface area contributed by atoms with Gasteiger partial charge in [0.25, 0.3) is 0 Å². The first-order valence-corrected chi connectivity index (χ1v) is 12.7. The van der Waals surface area contributed by atoms with Gasteiger partial charge in [0.05, 0.1) is 11.3 Å². The van der Waals surface area contributed by atoms with E-state index in [1.165, 1.54) is 6.07 Å². The standard InChI is InChI=1S/C24H20BrF2NO5S/c25-10-3-11-31-17-5-1-4-16(13-17)23-19-12-15(14-34(28,29)30)8-9-18(19)22-20(32-23)6-2-7-21(22)33-24(26)27/h1-10,12-13,23-24H,11,14H2,(H2,28,29,30). The minimum absolute atomic E-state index is 0.0370. The molecular formula is C24H20BrF2NO5S.